The van der Waals surface area contributed by atoms with Crippen LogP contribution in [0.25, 0.3) is 0 Å². The Hall–Kier alpha value is -1.39. The highest BCUT2D eigenvalue weighted by Gasteiger charge is 2.21. The molecule has 1 unspecified atom stereocenters. The monoisotopic (exact) mass is 290 g/mol. The van der Waals surface area contributed by atoms with E-state index in [1.54, 1.807) is 11.3 Å². The summed E-state index contributed by atoms with van der Waals surface area (Å²) in [6.07, 6.45) is 0. The van der Waals surface area contributed by atoms with Gasteiger partial charge in [0.1, 0.15) is 5.75 Å². The van der Waals surface area contributed by atoms with E-state index in [4.69, 9.17) is 4.74 Å². The third kappa shape index (κ3) is 3.19. The van der Waals surface area contributed by atoms with E-state index < -0.39 is 0 Å². The van der Waals surface area contributed by atoms with Gasteiger partial charge in [-0.1, -0.05) is 25.1 Å². The lowest BCUT2D eigenvalue weighted by atomic mass is 10.0. The van der Waals surface area contributed by atoms with E-state index in [0.717, 1.165) is 23.0 Å². The van der Waals surface area contributed by atoms with E-state index >= 15 is 0 Å². The average molecular weight is 290 g/mol. The lowest BCUT2D eigenvalue weighted by molar-refractivity contribution is 0.334. The minimum atomic E-state index is 0.147. The first kappa shape index (κ1) is 15.0. The third-order valence-electron chi connectivity index (χ3n) is 3.14. The average Bonchev–Trinajstić information content (AvgIpc) is 2.76. The van der Waals surface area contributed by atoms with Crippen molar-refractivity contribution in [1.82, 2.24) is 10.3 Å². The van der Waals surface area contributed by atoms with Gasteiger partial charge in [-0.3, -0.25) is 0 Å². The van der Waals surface area contributed by atoms with E-state index in [9.17, 15) is 0 Å². The summed E-state index contributed by atoms with van der Waals surface area (Å²) in [5.74, 6) is 0.950. The maximum atomic E-state index is 5.78. The number of hydrogen-bond donors (Lipinski definition) is 1. The van der Waals surface area contributed by atoms with Crippen LogP contribution in [0.4, 0.5) is 0 Å². The summed E-state index contributed by atoms with van der Waals surface area (Å²) in [7, 11) is 0. The van der Waals surface area contributed by atoms with Crippen LogP contribution in [0.3, 0.4) is 0 Å². The molecule has 1 N–H and O–H groups in total. The Morgan fingerprint density at radius 1 is 1.25 bits per heavy atom. The molecule has 0 amide bonds. The van der Waals surface area contributed by atoms with Crippen molar-refractivity contribution in [3.8, 4) is 5.75 Å². The van der Waals surface area contributed by atoms with Crippen molar-refractivity contribution in [3.63, 3.8) is 0 Å². The van der Waals surface area contributed by atoms with Crippen molar-refractivity contribution >= 4 is 11.3 Å². The summed E-state index contributed by atoms with van der Waals surface area (Å²) >= 11 is 1.75. The fraction of sp³-hybridized carbons (Fsp3) is 0.438. The molecule has 0 saturated heterocycles. The van der Waals surface area contributed by atoms with Crippen molar-refractivity contribution < 1.29 is 4.74 Å². The molecule has 0 aliphatic rings. The number of nitrogens with zero attached hydrogens (tertiary/aromatic N) is 1. The second-order valence-corrected chi connectivity index (χ2v) is 5.88. The zero-order valence-electron chi connectivity index (χ0n) is 12.6. The van der Waals surface area contributed by atoms with Crippen molar-refractivity contribution in [2.24, 2.45) is 0 Å². The second-order valence-electron chi connectivity index (χ2n) is 4.64. The third-order valence-corrected chi connectivity index (χ3v) is 4.28. The van der Waals surface area contributed by atoms with Gasteiger partial charge in [-0.05, 0) is 33.4 Å². The molecule has 0 radical (unpaired) electrons. The van der Waals surface area contributed by atoms with Crippen LogP contribution in [0.5, 0.6) is 5.75 Å². The van der Waals surface area contributed by atoms with E-state index in [2.05, 4.69) is 43.2 Å². The van der Waals surface area contributed by atoms with Crippen molar-refractivity contribution in [2.45, 2.75) is 33.7 Å². The molecule has 0 spiro atoms. The van der Waals surface area contributed by atoms with Crippen molar-refractivity contribution in [2.75, 3.05) is 13.2 Å². The van der Waals surface area contributed by atoms with E-state index in [1.807, 2.05) is 19.1 Å². The molecule has 0 aliphatic heterocycles. The molecule has 3 nitrogen and oxygen atoms in total. The molecule has 1 aromatic carbocycles. The van der Waals surface area contributed by atoms with Crippen molar-refractivity contribution in [3.05, 3.63) is 45.4 Å². The predicted molar refractivity (Wildman–Crippen MR) is 84.7 cm³/mol. The quantitative estimate of drug-likeness (QED) is 0.877. The molecule has 4 heteroatoms. The zero-order valence-corrected chi connectivity index (χ0v) is 13.4. The lowest BCUT2D eigenvalue weighted by Crippen LogP contribution is -2.22. The summed E-state index contributed by atoms with van der Waals surface area (Å²) in [6, 6.07) is 8.39. The summed E-state index contributed by atoms with van der Waals surface area (Å²) in [5.41, 5.74) is 2.28. The van der Waals surface area contributed by atoms with Gasteiger partial charge in [-0.25, -0.2) is 4.98 Å². The molecule has 2 aromatic rings. The summed E-state index contributed by atoms with van der Waals surface area (Å²) in [5, 5.41) is 4.66. The van der Waals surface area contributed by atoms with Gasteiger partial charge in [0.15, 0.2) is 0 Å². The van der Waals surface area contributed by atoms with Crippen LogP contribution in [-0.2, 0) is 0 Å². The van der Waals surface area contributed by atoms with Crippen LogP contribution in [0.2, 0.25) is 0 Å². The SMILES string of the molecule is CCNC(c1ccccc1OCC)c1sc(C)nc1C. The largest absolute Gasteiger partial charge is 0.494 e. The van der Waals surface area contributed by atoms with Crippen LogP contribution in [0, 0.1) is 13.8 Å². The van der Waals surface area contributed by atoms with E-state index in [-0.39, 0.29) is 6.04 Å². The van der Waals surface area contributed by atoms with Crippen molar-refractivity contribution in [1.29, 1.82) is 0 Å². The minimum absolute atomic E-state index is 0.147. The maximum Gasteiger partial charge on any atom is 0.124 e. The molecule has 0 bridgehead atoms. The van der Waals surface area contributed by atoms with Gasteiger partial charge in [0.05, 0.1) is 23.4 Å². The fourth-order valence-electron chi connectivity index (χ4n) is 2.37. The smallest absolute Gasteiger partial charge is 0.124 e. The topological polar surface area (TPSA) is 34.1 Å². The number of nitrogens with one attached hydrogen (secondary N) is 1. The molecule has 1 heterocycles. The molecule has 108 valence electrons. The summed E-state index contributed by atoms with van der Waals surface area (Å²) < 4.78 is 5.78. The van der Waals surface area contributed by atoms with Gasteiger partial charge in [0, 0.05) is 10.4 Å². The minimum Gasteiger partial charge on any atom is -0.494 e. The van der Waals surface area contributed by atoms with E-state index in [1.165, 1.54) is 10.4 Å². The Labute approximate surface area is 125 Å². The molecule has 20 heavy (non-hydrogen) atoms. The second kappa shape index (κ2) is 6.86. The fourth-order valence-corrected chi connectivity index (χ4v) is 3.39. The Balaban J connectivity index is 2.45. The van der Waals surface area contributed by atoms with Crippen LogP contribution in [-0.4, -0.2) is 18.1 Å². The van der Waals surface area contributed by atoms with Gasteiger partial charge >= 0.3 is 0 Å². The first-order valence-electron chi connectivity index (χ1n) is 7.06. The summed E-state index contributed by atoms with van der Waals surface area (Å²) in [4.78, 5) is 5.83. The number of ether oxygens (including phenoxy) is 1. The van der Waals surface area contributed by atoms with Crippen LogP contribution in [0.1, 0.15) is 41.0 Å². The summed E-state index contributed by atoms with van der Waals surface area (Å²) in [6.45, 7) is 9.85. The standard InChI is InChI=1S/C16H22N2OS/c1-5-17-15(16-11(3)18-12(4)20-16)13-9-7-8-10-14(13)19-6-2/h7-10,15,17H,5-6H2,1-4H3. The van der Waals surface area contributed by atoms with Gasteiger partial charge in [0.2, 0.25) is 0 Å². The molecule has 0 saturated carbocycles. The van der Waals surface area contributed by atoms with Gasteiger partial charge < -0.3 is 10.1 Å². The van der Waals surface area contributed by atoms with E-state index in [0.29, 0.717) is 6.61 Å². The number of aromatic nitrogens is 1. The Kier molecular flexibility index (Phi) is 5.15. The first-order chi connectivity index (χ1) is 9.67. The number of thiazole rings is 1. The lowest BCUT2D eigenvalue weighted by Gasteiger charge is -2.20. The molecule has 0 fully saturated rings. The maximum absolute atomic E-state index is 5.78. The van der Waals surface area contributed by atoms with Gasteiger partial charge in [-0.2, -0.15) is 0 Å². The number of para-hydroxylation sites is 1. The number of benzene rings is 1. The highest BCUT2D eigenvalue weighted by atomic mass is 32.1. The van der Waals surface area contributed by atoms with Gasteiger partial charge in [0.25, 0.3) is 0 Å². The number of rotatable bonds is 6. The first-order valence-corrected chi connectivity index (χ1v) is 7.88. The van der Waals surface area contributed by atoms with Crippen LogP contribution in [0.15, 0.2) is 24.3 Å². The molecular formula is C16H22N2OS. The van der Waals surface area contributed by atoms with Crippen LogP contribution < -0.4 is 10.1 Å². The number of hydrogen-bond acceptors (Lipinski definition) is 4. The molecule has 0 aliphatic carbocycles. The predicted octanol–water partition coefficient (Wildman–Crippen LogP) is 3.86. The normalized spacial score (nSPS) is 12.4. The zero-order chi connectivity index (χ0) is 14.5. The Bertz CT molecular complexity index is 565. The number of aryl methyl sites for hydroxylation is 2. The molecule has 1 atom stereocenters. The highest BCUT2D eigenvalue weighted by Crippen LogP contribution is 2.34. The highest BCUT2D eigenvalue weighted by molar-refractivity contribution is 7.11. The molecule has 1 aromatic heterocycles. The molecule has 2 rings (SSSR count). The Morgan fingerprint density at radius 3 is 2.60 bits per heavy atom. The molecular weight excluding hydrogens is 268 g/mol. The van der Waals surface area contributed by atoms with Crippen LogP contribution >= 0.6 is 11.3 Å². The van der Waals surface area contributed by atoms with Gasteiger partial charge in [-0.15, -0.1) is 11.3 Å². The Morgan fingerprint density at radius 2 is 2.00 bits per heavy atom.